The molecule has 2 unspecified atom stereocenters. The van der Waals surface area contributed by atoms with Crippen molar-refractivity contribution in [1.82, 2.24) is 0 Å². The predicted molar refractivity (Wildman–Crippen MR) is 177 cm³/mol. The summed E-state index contributed by atoms with van der Waals surface area (Å²) >= 11 is 1.89. The number of thiophene rings is 1. The van der Waals surface area contributed by atoms with E-state index in [0.29, 0.717) is 0 Å². The Kier molecular flexibility index (Phi) is 4.57. The molecule has 1 fully saturated rings. The van der Waals surface area contributed by atoms with E-state index in [-0.39, 0.29) is 6.71 Å². The molecule has 2 nitrogen and oxygen atoms in total. The van der Waals surface area contributed by atoms with Crippen molar-refractivity contribution in [3.8, 4) is 0 Å². The van der Waals surface area contributed by atoms with E-state index in [9.17, 15) is 0 Å². The molecule has 41 heavy (non-hydrogen) atoms. The quantitative estimate of drug-likeness (QED) is 0.195. The standard InChI is InChI=1S/C37H29BN2S/c1-4-17-34-27(11-1)28-21-26(18-19-35(28)41-34)40-31-14-3-2-12-29(31)38-30-13-6-9-24-20-23-8-5-10-25(23)22-39(37(24)30)32-15-7-16-33(40)36(32)38/h1-4,6-7,9,11-19,21,23,25H,5,8,10,20,22H2. The second kappa shape index (κ2) is 8.27. The van der Waals surface area contributed by atoms with Crippen molar-refractivity contribution >= 4 is 83.0 Å². The lowest BCUT2D eigenvalue weighted by molar-refractivity contribution is 0.402. The Morgan fingerprint density at radius 3 is 2.44 bits per heavy atom. The van der Waals surface area contributed by atoms with Crippen molar-refractivity contribution in [3.63, 3.8) is 0 Å². The molecule has 1 aromatic heterocycles. The first-order valence-electron chi connectivity index (χ1n) is 15.2. The molecular formula is C37H29BN2S. The van der Waals surface area contributed by atoms with Gasteiger partial charge >= 0.3 is 0 Å². The van der Waals surface area contributed by atoms with Crippen LogP contribution in [0.1, 0.15) is 24.8 Å². The maximum absolute atomic E-state index is 2.73. The second-order valence-electron chi connectivity index (χ2n) is 12.4. The highest BCUT2D eigenvalue weighted by Gasteiger charge is 2.45. The molecular weight excluding hydrogens is 515 g/mol. The van der Waals surface area contributed by atoms with Gasteiger partial charge in [0.05, 0.1) is 0 Å². The summed E-state index contributed by atoms with van der Waals surface area (Å²) in [5.74, 6) is 1.60. The lowest BCUT2D eigenvalue weighted by Gasteiger charge is -2.44. The molecule has 0 radical (unpaired) electrons. The molecule has 4 heterocycles. The molecule has 0 spiro atoms. The van der Waals surface area contributed by atoms with E-state index in [0.717, 1.165) is 18.4 Å². The molecule has 196 valence electrons. The highest BCUT2D eigenvalue weighted by atomic mass is 32.1. The SMILES string of the molecule is c1ccc2c(c1)B1c3cccc4c3N(CC3CCCC3C4)c3cccc(c31)N2c1ccc2sc3ccccc3c2c1. The molecule has 0 N–H and O–H groups in total. The Labute approximate surface area is 244 Å². The predicted octanol–water partition coefficient (Wildman–Crippen LogP) is 7.78. The molecule has 1 aliphatic carbocycles. The fourth-order valence-corrected chi connectivity index (χ4v) is 9.82. The third kappa shape index (κ3) is 3.04. The molecule has 10 rings (SSSR count). The van der Waals surface area contributed by atoms with Crippen LogP contribution in [0, 0.1) is 11.8 Å². The van der Waals surface area contributed by atoms with Crippen LogP contribution in [0.15, 0.2) is 103 Å². The lowest BCUT2D eigenvalue weighted by atomic mass is 9.33. The van der Waals surface area contributed by atoms with Crippen molar-refractivity contribution in [1.29, 1.82) is 0 Å². The Balaban J connectivity index is 1.24. The minimum Gasteiger partial charge on any atom is -0.342 e. The lowest BCUT2D eigenvalue weighted by Crippen LogP contribution is -2.62. The summed E-state index contributed by atoms with van der Waals surface area (Å²) in [5, 5.41) is 2.70. The number of para-hydroxylation sites is 2. The van der Waals surface area contributed by atoms with Crippen molar-refractivity contribution in [2.24, 2.45) is 11.8 Å². The number of fused-ring (bicyclic) bond motifs is 8. The van der Waals surface area contributed by atoms with Crippen LogP contribution >= 0.6 is 11.3 Å². The van der Waals surface area contributed by atoms with Crippen LogP contribution < -0.4 is 26.2 Å². The van der Waals surface area contributed by atoms with Gasteiger partial charge in [-0.2, -0.15) is 0 Å². The average molecular weight is 545 g/mol. The zero-order valence-corrected chi connectivity index (χ0v) is 23.7. The third-order valence-electron chi connectivity index (χ3n) is 10.4. The molecule has 0 saturated heterocycles. The van der Waals surface area contributed by atoms with Crippen molar-refractivity contribution < 1.29 is 0 Å². The fourth-order valence-electron chi connectivity index (χ4n) is 8.73. The topological polar surface area (TPSA) is 6.48 Å². The summed E-state index contributed by atoms with van der Waals surface area (Å²) in [7, 11) is 0. The van der Waals surface area contributed by atoms with Crippen molar-refractivity contribution in [2.45, 2.75) is 25.7 Å². The van der Waals surface area contributed by atoms with Crippen LogP contribution in [0.3, 0.4) is 0 Å². The van der Waals surface area contributed by atoms with Crippen LogP contribution in [-0.2, 0) is 6.42 Å². The van der Waals surface area contributed by atoms with E-state index in [2.05, 4.69) is 113 Å². The number of hydrogen-bond acceptors (Lipinski definition) is 3. The normalized spacial score (nSPS) is 20.0. The summed E-state index contributed by atoms with van der Waals surface area (Å²) in [5.41, 5.74) is 12.7. The van der Waals surface area contributed by atoms with Crippen molar-refractivity contribution in [3.05, 3.63) is 109 Å². The molecule has 6 aromatic rings. The summed E-state index contributed by atoms with van der Waals surface area (Å²) in [6, 6.07) is 39.3. The van der Waals surface area contributed by atoms with Gasteiger partial charge in [0.25, 0.3) is 6.71 Å². The van der Waals surface area contributed by atoms with Gasteiger partial charge in [0, 0.05) is 55.2 Å². The zero-order chi connectivity index (χ0) is 26.7. The van der Waals surface area contributed by atoms with E-state index in [4.69, 9.17) is 0 Å². The maximum Gasteiger partial charge on any atom is 0.252 e. The molecule has 5 aromatic carbocycles. The number of rotatable bonds is 1. The molecule has 2 atom stereocenters. The number of hydrogen-bond donors (Lipinski definition) is 0. The monoisotopic (exact) mass is 544 g/mol. The van der Waals surface area contributed by atoms with Gasteiger partial charge in [0.15, 0.2) is 0 Å². The maximum atomic E-state index is 2.73. The Morgan fingerprint density at radius 1 is 0.659 bits per heavy atom. The van der Waals surface area contributed by atoms with Crippen LogP contribution in [-0.4, -0.2) is 13.3 Å². The molecule has 1 saturated carbocycles. The van der Waals surface area contributed by atoms with Crippen LogP contribution in [0.5, 0.6) is 0 Å². The molecule has 0 amide bonds. The van der Waals surface area contributed by atoms with Crippen molar-refractivity contribution in [2.75, 3.05) is 16.3 Å². The van der Waals surface area contributed by atoms with E-state index >= 15 is 0 Å². The molecule has 4 aliphatic rings. The summed E-state index contributed by atoms with van der Waals surface area (Å²) in [6.07, 6.45) is 5.37. The number of benzene rings is 5. The third-order valence-corrected chi connectivity index (χ3v) is 11.6. The van der Waals surface area contributed by atoms with Gasteiger partial charge in [0.1, 0.15) is 0 Å². The average Bonchev–Trinajstić information content (AvgIpc) is 3.57. The Morgan fingerprint density at radius 2 is 1.44 bits per heavy atom. The largest absolute Gasteiger partial charge is 0.342 e. The van der Waals surface area contributed by atoms with Gasteiger partial charge in [-0.25, -0.2) is 0 Å². The van der Waals surface area contributed by atoms with Gasteiger partial charge < -0.3 is 9.80 Å². The minimum absolute atomic E-state index is 0.253. The first kappa shape index (κ1) is 22.6. The minimum atomic E-state index is 0.253. The number of nitrogens with zero attached hydrogens (tertiary/aromatic N) is 2. The van der Waals surface area contributed by atoms with E-state index < -0.39 is 0 Å². The second-order valence-corrected chi connectivity index (χ2v) is 13.5. The highest BCUT2D eigenvalue weighted by molar-refractivity contribution is 7.25. The molecule has 0 bridgehead atoms. The molecule has 4 heteroatoms. The van der Waals surface area contributed by atoms with Gasteiger partial charge in [0.2, 0.25) is 0 Å². The summed E-state index contributed by atoms with van der Waals surface area (Å²) < 4.78 is 2.71. The Hall–Kier alpha value is -4.02. The first-order valence-corrected chi connectivity index (χ1v) is 16.0. The van der Waals surface area contributed by atoms with Gasteiger partial charge in [-0.1, -0.05) is 67.1 Å². The van der Waals surface area contributed by atoms with Gasteiger partial charge in [-0.05, 0) is 95.5 Å². The van der Waals surface area contributed by atoms with Crippen LogP contribution in [0.2, 0.25) is 0 Å². The zero-order valence-electron chi connectivity index (χ0n) is 22.9. The van der Waals surface area contributed by atoms with E-state index in [1.165, 1.54) is 90.7 Å². The Bertz CT molecular complexity index is 2040. The smallest absolute Gasteiger partial charge is 0.252 e. The summed E-state index contributed by atoms with van der Waals surface area (Å²) in [4.78, 5) is 5.28. The first-order chi connectivity index (χ1) is 20.3. The summed E-state index contributed by atoms with van der Waals surface area (Å²) in [6.45, 7) is 1.40. The van der Waals surface area contributed by atoms with Crippen LogP contribution in [0.25, 0.3) is 20.2 Å². The van der Waals surface area contributed by atoms with E-state index in [1.807, 2.05) is 11.3 Å². The fraction of sp³-hybridized carbons (Fsp3) is 0.189. The van der Waals surface area contributed by atoms with Gasteiger partial charge in [-0.15, -0.1) is 11.3 Å². The van der Waals surface area contributed by atoms with Gasteiger partial charge in [-0.3, -0.25) is 0 Å². The highest BCUT2D eigenvalue weighted by Crippen LogP contribution is 2.47. The van der Waals surface area contributed by atoms with Crippen LogP contribution in [0.4, 0.5) is 28.4 Å². The number of anilines is 5. The van der Waals surface area contributed by atoms with E-state index in [1.54, 1.807) is 5.56 Å². The molecule has 3 aliphatic heterocycles.